The van der Waals surface area contributed by atoms with Crippen LogP contribution in [0, 0.1) is 5.92 Å². The summed E-state index contributed by atoms with van der Waals surface area (Å²) in [6.07, 6.45) is 1.14. The minimum Gasteiger partial charge on any atom is -0.301 e. The van der Waals surface area contributed by atoms with Crippen LogP contribution in [0.5, 0.6) is 0 Å². The van der Waals surface area contributed by atoms with Crippen LogP contribution in [0.15, 0.2) is 28.7 Å². The molecule has 2 heterocycles. The number of hydrogen-bond donors (Lipinski definition) is 1. The predicted molar refractivity (Wildman–Crippen MR) is 83.8 cm³/mol. The lowest BCUT2D eigenvalue weighted by Gasteiger charge is -2.49. The van der Waals surface area contributed by atoms with Crippen molar-refractivity contribution in [1.29, 1.82) is 0 Å². The van der Waals surface area contributed by atoms with Crippen LogP contribution in [-0.4, -0.2) is 36.3 Å². The van der Waals surface area contributed by atoms with Crippen molar-refractivity contribution < 1.29 is 9.59 Å². The zero-order chi connectivity index (χ0) is 15.0. The molecule has 4 nitrogen and oxygen atoms in total. The molecule has 0 saturated carbocycles. The molecule has 2 saturated heterocycles. The minimum absolute atomic E-state index is 0.0443. The highest BCUT2D eigenvalue weighted by atomic mass is 79.9. The summed E-state index contributed by atoms with van der Waals surface area (Å²) in [6, 6.07) is 8.47. The number of hydrogen-bond acceptors (Lipinski definition) is 3. The van der Waals surface area contributed by atoms with Gasteiger partial charge in [-0.2, -0.15) is 0 Å². The van der Waals surface area contributed by atoms with Gasteiger partial charge in [-0.05, 0) is 24.1 Å². The molecule has 0 aliphatic carbocycles. The van der Waals surface area contributed by atoms with E-state index in [-0.39, 0.29) is 23.1 Å². The van der Waals surface area contributed by atoms with E-state index < -0.39 is 0 Å². The molecule has 3 rings (SSSR count). The highest BCUT2D eigenvalue weighted by Gasteiger charge is 2.41. The molecule has 0 spiro atoms. The average Bonchev–Trinajstić information content (AvgIpc) is 2.40. The van der Waals surface area contributed by atoms with E-state index in [9.17, 15) is 9.59 Å². The van der Waals surface area contributed by atoms with Crippen molar-refractivity contribution in [2.24, 2.45) is 5.92 Å². The number of imide groups is 1. The zero-order valence-corrected chi connectivity index (χ0v) is 13.6. The Morgan fingerprint density at radius 2 is 1.95 bits per heavy atom. The molecule has 0 bridgehead atoms. The molecular formula is C16H19BrN2O2. The van der Waals surface area contributed by atoms with Gasteiger partial charge >= 0.3 is 0 Å². The third-order valence-electron chi connectivity index (χ3n) is 4.52. The van der Waals surface area contributed by atoms with Crippen LogP contribution in [0.4, 0.5) is 0 Å². The average molecular weight is 351 g/mol. The van der Waals surface area contributed by atoms with Crippen molar-refractivity contribution in [3.63, 3.8) is 0 Å². The molecule has 5 heteroatoms. The second-order valence-electron chi connectivity index (χ2n) is 6.39. The zero-order valence-electron chi connectivity index (χ0n) is 12.1. The first kappa shape index (κ1) is 14.7. The molecule has 1 aromatic rings. The van der Waals surface area contributed by atoms with Crippen molar-refractivity contribution >= 4 is 27.7 Å². The molecule has 1 atom stereocenters. The first-order chi connectivity index (χ1) is 9.96. The molecule has 1 aromatic carbocycles. The summed E-state index contributed by atoms with van der Waals surface area (Å²) in [7, 11) is 0. The van der Waals surface area contributed by atoms with Crippen LogP contribution in [0.25, 0.3) is 0 Å². The summed E-state index contributed by atoms with van der Waals surface area (Å²) in [6.45, 7) is 4.95. The van der Waals surface area contributed by atoms with E-state index in [1.54, 1.807) is 0 Å². The predicted octanol–water partition coefficient (Wildman–Crippen LogP) is 2.08. The number of rotatable bonds is 3. The Hall–Kier alpha value is -1.20. The van der Waals surface area contributed by atoms with E-state index in [2.05, 4.69) is 57.3 Å². The molecule has 0 aromatic heterocycles. The van der Waals surface area contributed by atoms with E-state index in [0.29, 0.717) is 12.8 Å². The van der Waals surface area contributed by atoms with Crippen molar-refractivity contribution in [2.45, 2.75) is 25.2 Å². The summed E-state index contributed by atoms with van der Waals surface area (Å²) in [5.41, 5.74) is 1.51. The van der Waals surface area contributed by atoms with Gasteiger partial charge in [-0.15, -0.1) is 0 Å². The van der Waals surface area contributed by atoms with Crippen molar-refractivity contribution in [3.05, 3.63) is 34.3 Å². The molecule has 1 N–H and O–H groups in total. The van der Waals surface area contributed by atoms with E-state index in [1.807, 2.05) is 0 Å². The van der Waals surface area contributed by atoms with Crippen LogP contribution < -0.4 is 5.32 Å². The highest BCUT2D eigenvalue weighted by molar-refractivity contribution is 9.10. The Morgan fingerprint density at radius 3 is 2.57 bits per heavy atom. The van der Waals surface area contributed by atoms with Crippen LogP contribution in [0.1, 0.15) is 25.3 Å². The van der Waals surface area contributed by atoms with Crippen molar-refractivity contribution in [3.8, 4) is 0 Å². The van der Waals surface area contributed by atoms with Crippen LogP contribution in [-0.2, 0) is 15.0 Å². The number of likely N-dealkylation sites (tertiary alicyclic amines) is 1. The fourth-order valence-electron chi connectivity index (χ4n) is 3.33. The maximum absolute atomic E-state index is 11.8. The number of halogens is 1. The standard InChI is InChI=1S/C16H19BrN2O2/c1-16(12-3-5-13(17)6-4-12)9-19(10-16)8-11-2-7-14(20)18-15(11)21/h3-6,11H,2,7-10H2,1H3,(H,18,20,21). The molecule has 112 valence electrons. The molecule has 2 aliphatic rings. The fraction of sp³-hybridized carbons (Fsp3) is 0.500. The lowest BCUT2D eigenvalue weighted by atomic mass is 9.75. The number of benzene rings is 1. The Bertz CT molecular complexity index is 564. The second-order valence-corrected chi connectivity index (χ2v) is 7.30. The maximum Gasteiger partial charge on any atom is 0.230 e. The highest BCUT2D eigenvalue weighted by Crippen LogP contribution is 2.35. The smallest absolute Gasteiger partial charge is 0.230 e. The molecule has 2 amide bonds. The van der Waals surface area contributed by atoms with Crippen molar-refractivity contribution in [1.82, 2.24) is 10.2 Å². The van der Waals surface area contributed by atoms with Gasteiger partial charge in [-0.1, -0.05) is 35.0 Å². The quantitative estimate of drug-likeness (QED) is 0.849. The van der Waals surface area contributed by atoms with Gasteiger partial charge in [0.1, 0.15) is 0 Å². The number of carbonyl (C=O) groups excluding carboxylic acids is 2. The number of carbonyl (C=O) groups is 2. The maximum atomic E-state index is 11.8. The van der Waals surface area contributed by atoms with Gasteiger partial charge in [-0.25, -0.2) is 0 Å². The van der Waals surface area contributed by atoms with E-state index in [0.717, 1.165) is 24.1 Å². The summed E-state index contributed by atoms with van der Waals surface area (Å²) in [4.78, 5) is 25.2. The summed E-state index contributed by atoms with van der Waals surface area (Å²) >= 11 is 3.46. The van der Waals surface area contributed by atoms with Gasteiger partial charge in [0, 0.05) is 35.9 Å². The number of nitrogens with zero attached hydrogens (tertiary/aromatic N) is 1. The monoisotopic (exact) mass is 350 g/mol. The van der Waals surface area contributed by atoms with Crippen LogP contribution in [0.2, 0.25) is 0 Å². The minimum atomic E-state index is -0.139. The molecule has 1 unspecified atom stereocenters. The first-order valence-corrected chi connectivity index (χ1v) is 8.08. The fourth-order valence-corrected chi connectivity index (χ4v) is 3.59. The van der Waals surface area contributed by atoms with Crippen LogP contribution in [0.3, 0.4) is 0 Å². The Balaban J connectivity index is 1.56. The SMILES string of the molecule is CC1(c2ccc(Br)cc2)CN(CC2CCC(=O)NC2=O)C1. The first-order valence-electron chi connectivity index (χ1n) is 7.28. The molecule has 2 fully saturated rings. The molecular weight excluding hydrogens is 332 g/mol. The third kappa shape index (κ3) is 3.04. The number of piperidine rings is 1. The largest absolute Gasteiger partial charge is 0.301 e. The Morgan fingerprint density at radius 1 is 1.29 bits per heavy atom. The third-order valence-corrected chi connectivity index (χ3v) is 5.05. The lowest BCUT2D eigenvalue weighted by Crippen LogP contribution is -2.60. The van der Waals surface area contributed by atoms with Gasteiger partial charge in [0.2, 0.25) is 11.8 Å². The molecule has 21 heavy (non-hydrogen) atoms. The topological polar surface area (TPSA) is 49.4 Å². The van der Waals surface area contributed by atoms with Gasteiger partial charge in [0.25, 0.3) is 0 Å². The van der Waals surface area contributed by atoms with E-state index >= 15 is 0 Å². The Kier molecular flexibility index (Phi) is 3.88. The number of amides is 2. The summed E-state index contributed by atoms with van der Waals surface area (Å²) in [5.74, 6) is -0.291. The van der Waals surface area contributed by atoms with Gasteiger partial charge in [0.05, 0.1) is 5.92 Å². The normalized spacial score (nSPS) is 25.3. The van der Waals surface area contributed by atoms with Crippen LogP contribution >= 0.6 is 15.9 Å². The van der Waals surface area contributed by atoms with Crippen molar-refractivity contribution in [2.75, 3.05) is 19.6 Å². The van der Waals surface area contributed by atoms with E-state index in [1.165, 1.54) is 5.56 Å². The number of nitrogens with one attached hydrogen (secondary N) is 1. The van der Waals surface area contributed by atoms with Gasteiger partial charge < -0.3 is 4.90 Å². The Labute approximate surface area is 133 Å². The van der Waals surface area contributed by atoms with Gasteiger partial charge in [-0.3, -0.25) is 14.9 Å². The summed E-state index contributed by atoms with van der Waals surface area (Å²) < 4.78 is 1.09. The lowest BCUT2D eigenvalue weighted by molar-refractivity contribution is -0.137. The van der Waals surface area contributed by atoms with Gasteiger partial charge in [0.15, 0.2) is 0 Å². The molecule has 0 radical (unpaired) electrons. The van der Waals surface area contributed by atoms with E-state index in [4.69, 9.17) is 0 Å². The summed E-state index contributed by atoms with van der Waals surface area (Å²) in [5, 5.41) is 2.43. The second kappa shape index (κ2) is 5.54. The molecule has 2 aliphatic heterocycles.